The molecule has 1 saturated heterocycles. The third kappa shape index (κ3) is 3.58. The van der Waals surface area contributed by atoms with Gasteiger partial charge in [-0.15, -0.1) is 0 Å². The number of anilines is 1. The van der Waals surface area contributed by atoms with Crippen LogP contribution in [-0.4, -0.2) is 27.8 Å². The minimum atomic E-state index is 0.411. The molecule has 0 saturated carbocycles. The molecule has 2 aliphatic rings. The highest BCUT2D eigenvalue weighted by molar-refractivity contribution is 5.58. The molecular weight excluding hydrogens is 356 g/mol. The zero-order valence-electron chi connectivity index (χ0n) is 17.3. The van der Waals surface area contributed by atoms with Crippen LogP contribution in [0.3, 0.4) is 0 Å². The van der Waals surface area contributed by atoms with Gasteiger partial charge in [-0.1, -0.05) is 55.8 Å². The molecule has 1 fully saturated rings. The smallest absolute Gasteiger partial charge is 0.133 e. The number of hydrogen-bond acceptors (Lipinski definition) is 3. The maximum atomic E-state index is 5.19. The van der Waals surface area contributed by atoms with E-state index in [1.165, 1.54) is 47.5 Å². The summed E-state index contributed by atoms with van der Waals surface area (Å²) in [5, 5.41) is 8.79. The molecule has 29 heavy (non-hydrogen) atoms. The maximum Gasteiger partial charge on any atom is 0.133 e. The Morgan fingerprint density at radius 2 is 1.83 bits per heavy atom. The van der Waals surface area contributed by atoms with E-state index in [4.69, 9.17) is 5.10 Å². The molecule has 3 aromatic rings. The predicted octanol–water partition coefficient (Wildman–Crippen LogP) is 5.13. The van der Waals surface area contributed by atoms with Gasteiger partial charge in [0, 0.05) is 18.7 Å². The van der Waals surface area contributed by atoms with Gasteiger partial charge in [0.05, 0.1) is 17.4 Å². The fraction of sp³-hybridized carbons (Fsp3) is 0.400. The SMILES string of the molecule is CCc1ccc(-n2nc(C3CCCCN3Cc3ccccc3)c3c2NCC3)cc1. The maximum absolute atomic E-state index is 5.19. The molecule has 3 heterocycles. The number of likely N-dealkylation sites (tertiary alicyclic amines) is 1. The number of rotatable bonds is 5. The fourth-order valence-electron chi connectivity index (χ4n) is 4.84. The third-order valence-electron chi connectivity index (χ3n) is 6.43. The lowest BCUT2D eigenvalue weighted by molar-refractivity contribution is 0.136. The van der Waals surface area contributed by atoms with Crippen LogP contribution in [0, 0.1) is 0 Å². The van der Waals surface area contributed by atoms with Gasteiger partial charge in [-0.2, -0.15) is 5.10 Å². The minimum absolute atomic E-state index is 0.411. The molecule has 1 unspecified atom stereocenters. The summed E-state index contributed by atoms with van der Waals surface area (Å²) in [4.78, 5) is 2.64. The van der Waals surface area contributed by atoms with E-state index < -0.39 is 0 Å². The molecule has 0 bridgehead atoms. The van der Waals surface area contributed by atoms with Crippen LogP contribution in [-0.2, 0) is 19.4 Å². The number of benzene rings is 2. The zero-order chi connectivity index (χ0) is 19.6. The molecule has 0 amide bonds. The second kappa shape index (κ2) is 8.03. The zero-order valence-corrected chi connectivity index (χ0v) is 17.3. The Bertz CT molecular complexity index is 958. The van der Waals surface area contributed by atoms with Gasteiger partial charge >= 0.3 is 0 Å². The number of aryl methyl sites for hydroxylation is 1. The molecule has 0 radical (unpaired) electrons. The van der Waals surface area contributed by atoms with Crippen molar-refractivity contribution in [2.75, 3.05) is 18.4 Å². The van der Waals surface area contributed by atoms with Crippen LogP contribution in [0.1, 0.15) is 54.6 Å². The average Bonchev–Trinajstić information content (AvgIpc) is 3.38. The highest BCUT2D eigenvalue weighted by atomic mass is 15.4. The number of aromatic nitrogens is 2. The van der Waals surface area contributed by atoms with Gasteiger partial charge < -0.3 is 5.32 Å². The van der Waals surface area contributed by atoms with E-state index in [9.17, 15) is 0 Å². The minimum Gasteiger partial charge on any atom is -0.369 e. The molecule has 1 aromatic heterocycles. The standard InChI is InChI=1S/C25H30N4/c1-2-19-11-13-21(14-12-19)29-25-22(15-16-26-25)24(27-29)23-10-6-7-17-28(23)18-20-8-4-3-5-9-20/h3-5,8-9,11-14,23,26H,2,6-7,10,15-18H2,1H3. The molecular formula is C25H30N4. The molecule has 0 spiro atoms. The fourth-order valence-corrected chi connectivity index (χ4v) is 4.84. The molecule has 150 valence electrons. The number of piperidine rings is 1. The van der Waals surface area contributed by atoms with Crippen LogP contribution in [0.4, 0.5) is 5.82 Å². The lowest BCUT2D eigenvalue weighted by Gasteiger charge is -2.35. The normalized spacial score (nSPS) is 19.1. The Hall–Kier alpha value is -2.59. The topological polar surface area (TPSA) is 33.1 Å². The van der Waals surface area contributed by atoms with Crippen LogP contribution in [0.15, 0.2) is 54.6 Å². The number of nitrogens with one attached hydrogen (secondary N) is 1. The molecule has 4 heteroatoms. The Labute approximate surface area is 173 Å². The summed E-state index contributed by atoms with van der Waals surface area (Å²) in [6.07, 6.45) is 5.91. The average molecular weight is 387 g/mol. The number of fused-ring (bicyclic) bond motifs is 1. The summed E-state index contributed by atoms with van der Waals surface area (Å²) in [5.74, 6) is 1.20. The largest absolute Gasteiger partial charge is 0.369 e. The summed E-state index contributed by atoms with van der Waals surface area (Å²) >= 11 is 0. The van der Waals surface area contributed by atoms with E-state index in [1.54, 1.807) is 0 Å². The molecule has 2 aromatic carbocycles. The van der Waals surface area contributed by atoms with Gasteiger partial charge in [-0.25, -0.2) is 4.68 Å². The molecule has 4 nitrogen and oxygen atoms in total. The van der Waals surface area contributed by atoms with Crippen molar-refractivity contribution in [2.45, 2.75) is 51.6 Å². The molecule has 0 aliphatic carbocycles. The number of hydrogen-bond donors (Lipinski definition) is 1. The number of nitrogens with zero attached hydrogens (tertiary/aromatic N) is 3. The van der Waals surface area contributed by atoms with E-state index in [1.807, 2.05) is 0 Å². The van der Waals surface area contributed by atoms with Crippen LogP contribution >= 0.6 is 0 Å². The molecule has 1 N–H and O–H groups in total. The van der Waals surface area contributed by atoms with Crippen molar-refractivity contribution in [3.05, 3.63) is 77.0 Å². The van der Waals surface area contributed by atoms with Gasteiger partial charge in [0.2, 0.25) is 0 Å². The summed E-state index contributed by atoms with van der Waals surface area (Å²) < 4.78 is 2.15. The van der Waals surface area contributed by atoms with E-state index in [0.29, 0.717) is 6.04 Å². The van der Waals surface area contributed by atoms with E-state index in [0.717, 1.165) is 38.2 Å². The van der Waals surface area contributed by atoms with Crippen LogP contribution in [0.5, 0.6) is 0 Å². The van der Waals surface area contributed by atoms with Gasteiger partial charge in [0.1, 0.15) is 5.82 Å². The van der Waals surface area contributed by atoms with Crippen molar-refractivity contribution in [3.8, 4) is 5.69 Å². The van der Waals surface area contributed by atoms with E-state index in [2.05, 4.69) is 76.4 Å². The molecule has 1 atom stereocenters. The van der Waals surface area contributed by atoms with Crippen LogP contribution in [0.25, 0.3) is 5.69 Å². The quantitative estimate of drug-likeness (QED) is 0.660. The summed E-state index contributed by atoms with van der Waals surface area (Å²) in [6, 6.07) is 20.1. The summed E-state index contributed by atoms with van der Waals surface area (Å²) in [5.41, 5.74) is 6.63. The van der Waals surface area contributed by atoms with Crippen molar-refractivity contribution in [2.24, 2.45) is 0 Å². The third-order valence-corrected chi connectivity index (χ3v) is 6.43. The van der Waals surface area contributed by atoms with Gasteiger partial charge in [-0.05, 0) is 55.5 Å². The second-order valence-electron chi connectivity index (χ2n) is 8.29. The molecule has 2 aliphatic heterocycles. The van der Waals surface area contributed by atoms with Crippen molar-refractivity contribution in [3.63, 3.8) is 0 Å². The first-order valence-electron chi connectivity index (χ1n) is 11.1. The van der Waals surface area contributed by atoms with E-state index >= 15 is 0 Å². The van der Waals surface area contributed by atoms with Crippen LogP contribution in [0.2, 0.25) is 0 Å². The highest BCUT2D eigenvalue weighted by Gasteiger charge is 2.32. The first kappa shape index (κ1) is 18.4. The molecule has 5 rings (SSSR count). The Kier molecular flexibility index (Phi) is 5.11. The van der Waals surface area contributed by atoms with Gasteiger partial charge in [-0.3, -0.25) is 4.90 Å². The first-order valence-corrected chi connectivity index (χ1v) is 11.1. The lowest BCUT2D eigenvalue weighted by atomic mass is 9.95. The van der Waals surface area contributed by atoms with Gasteiger partial charge in [0.15, 0.2) is 0 Å². The summed E-state index contributed by atoms with van der Waals surface area (Å²) in [6.45, 7) is 5.37. The Morgan fingerprint density at radius 3 is 2.62 bits per heavy atom. The second-order valence-corrected chi connectivity index (χ2v) is 8.29. The van der Waals surface area contributed by atoms with Gasteiger partial charge in [0.25, 0.3) is 0 Å². The highest BCUT2D eigenvalue weighted by Crippen LogP contribution is 2.38. The first-order chi connectivity index (χ1) is 14.3. The van der Waals surface area contributed by atoms with Crippen molar-refractivity contribution >= 4 is 5.82 Å². The van der Waals surface area contributed by atoms with E-state index in [-0.39, 0.29) is 0 Å². The summed E-state index contributed by atoms with van der Waals surface area (Å²) in [7, 11) is 0. The monoisotopic (exact) mass is 386 g/mol. The van der Waals surface area contributed by atoms with Crippen molar-refractivity contribution in [1.82, 2.24) is 14.7 Å². The van der Waals surface area contributed by atoms with Crippen molar-refractivity contribution < 1.29 is 0 Å². The Balaban J connectivity index is 1.49. The lowest BCUT2D eigenvalue weighted by Crippen LogP contribution is -2.33. The predicted molar refractivity (Wildman–Crippen MR) is 119 cm³/mol. The van der Waals surface area contributed by atoms with Crippen LogP contribution < -0.4 is 5.32 Å². The Morgan fingerprint density at radius 1 is 1.00 bits per heavy atom. The van der Waals surface area contributed by atoms with Crippen molar-refractivity contribution in [1.29, 1.82) is 0 Å².